The van der Waals surface area contributed by atoms with Gasteiger partial charge in [0, 0.05) is 26.3 Å². The molecule has 0 aliphatic rings. The van der Waals surface area contributed by atoms with E-state index in [0.29, 0.717) is 19.1 Å². The van der Waals surface area contributed by atoms with E-state index in [-0.39, 0.29) is 6.54 Å². The summed E-state index contributed by atoms with van der Waals surface area (Å²) >= 11 is 0. The first kappa shape index (κ1) is 12.7. The molecular formula is C9H11F3N2O2. The molecule has 1 rings (SSSR count). The normalized spacial score (nSPS) is 11.8. The molecule has 1 aromatic heterocycles. The highest BCUT2D eigenvalue weighted by molar-refractivity contribution is 5.04. The number of alkyl halides is 3. The summed E-state index contributed by atoms with van der Waals surface area (Å²) in [6, 6.07) is 1.54. The molecule has 90 valence electrons. The topological polar surface area (TPSA) is 44.1 Å². The van der Waals surface area contributed by atoms with Crippen molar-refractivity contribution in [3.05, 3.63) is 28.2 Å². The summed E-state index contributed by atoms with van der Waals surface area (Å²) in [4.78, 5) is 11.2. The largest absolute Gasteiger partial charge is 0.435 e. The highest BCUT2D eigenvalue weighted by Gasteiger charge is 2.33. The summed E-state index contributed by atoms with van der Waals surface area (Å²) < 4.78 is 42.4. The van der Waals surface area contributed by atoms with Gasteiger partial charge in [-0.2, -0.15) is 18.3 Å². The lowest BCUT2D eigenvalue weighted by molar-refractivity contribution is -0.142. The fraction of sp³-hybridized carbons (Fsp3) is 0.556. The summed E-state index contributed by atoms with van der Waals surface area (Å²) in [6.45, 7) is 0.473. The standard InChI is InChI=1S/C9H11F3N2O2/c1-16-6-2-5-14-8(15)4-3-7(13-14)9(10,11)12/h3-4H,2,5-6H2,1H3. The second-order valence-electron chi connectivity index (χ2n) is 3.12. The molecule has 0 unspecified atom stereocenters. The predicted octanol–water partition coefficient (Wildman–Crippen LogP) is 1.30. The Morgan fingerprint density at radius 3 is 2.69 bits per heavy atom. The van der Waals surface area contributed by atoms with Crippen molar-refractivity contribution in [3.63, 3.8) is 0 Å². The number of halogens is 3. The molecule has 16 heavy (non-hydrogen) atoms. The fourth-order valence-corrected chi connectivity index (χ4v) is 1.12. The summed E-state index contributed by atoms with van der Waals surface area (Å²) in [6.07, 6.45) is -4.10. The van der Waals surface area contributed by atoms with E-state index < -0.39 is 17.4 Å². The van der Waals surface area contributed by atoms with Crippen LogP contribution in [0.1, 0.15) is 12.1 Å². The zero-order valence-electron chi connectivity index (χ0n) is 8.62. The van der Waals surface area contributed by atoms with Gasteiger partial charge in [-0.3, -0.25) is 4.79 Å². The SMILES string of the molecule is COCCCn1nc(C(F)(F)F)ccc1=O. The Labute approximate surface area is 89.6 Å². The van der Waals surface area contributed by atoms with Crippen LogP contribution in [0.15, 0.2) is 16.9 Å². The van der Waals surface area contributed by atoms with E-state index in [4.69, 9.17) is 4.74 Å². The van der Waals surface area contributed by atoms with E-state index in [1.807, 2.05) is 0 Å². The third kappa shape index (κ3) is 3.34. The number of ether oxygens (including phenoxy) is 1. The molecule has 0 spiro atoms. The van der Waals surface area contributed by atoms with E-state index in [0.717, 1.165) is 10.7 Å². The van der Waals surface area contributed by atoms with Gasteiger partial charge in [-0.25, -0.2) is 4.68 Å². The first-order chi connectivity index (χ1) is 7.45. The minimum atomic E-state index is -4.53. The van der Waals surface area contributed by atoms with Crippen molar-refractivity contribution >= 4 is 0 Å². The lowest BCUT2D eigenvalue weighted by Gasteiger charge is -2.08. The van der Waals surface area contributed by atoms with Gasteiger partial charge in [-0.15, -0.1) is 0 Å². The Morgan fingerprint density at radius 2 is 2.12 bits per heavy atom. The van der Waals surface area contributed by atoms with Crippen LogP contribution in [0.3, 0.4) is 0 Å². The number of hydrogen-bond acceptors (Lipinski definition) is 3. The van der Waals surface area contributed by atoms with E-state index >= 15 is 0 Å². The molecule has 0 amide bonds. The van der Waals surface area contributed by atoms with Crippen LogP contribution in [0.2, 0.25) is 0 Å². The van der Waals surface area contributed by atoms with E-state index in [2.05, 4.69) is 5.10 Å². The molecular weight excluding hydrogens is 225 g/mol. The van der Waals surface area contributed by atoms with Gasteiger partial charge in [0.2, 0.25) is 0 Å². The van der Waals surface area contributed by atoms with Gasteiger partial charge in [0.05, 0.1) is 0 Å². The molecule has 0 aliphatic heterocycles. The lowest BCUT2D eigenvalue weighted by Crippen LogP contribution is -2.26. The smallest absolute Gasteiger partial charge is 0.385 e. The molecule has 1 aromatic rings. The minimum absolute atomic E-state index is 0.108. The van der Waals surface area contributed by atoms with Crippen LogP contribution >= 0.6 is 0 Å². The van der Waals surface area contributed by atoms with Crippen LogP contribution in [-0.4, -0.2) is 23.5 Å². The minimum Gasteiger partial charge on any atom is -0.385 e. The van der Waals surface area contributed by atoms with Crippen molar-refractivity contribution in [2.75, 3.05) is 13.7 Å². The second-order valence-corrected chi connectivity index (χ2v) is 3.12. The molecule has 7 heteroatoms. The lowest BCUT2D eigenvalue weighted by atomic mass is 10.4. The summed E-state index contributed by atoms with van der Waals surface area (Å²) in [5, 5.41) is 3.24. The average molecular weight is 236 g/mol. The number of methoxy groups -OCH3 is 1. The number of aromatic nitrogens is 2. The van der Waals surface area contributed by atoms with E-state index in [1.165, 1.54) is 7.11 Å². The van der Waals surface area contributed by atoms with Gasteiger partial charge in [-0.05, 0) is 12.5 Å². The number of nitrogens with zero attached hydrogens (tertiary/aromatic N) is 2. The van der Waals surface area contributed by atoms with Crippen LogP contribution < -0.4 is 5.56 Å². The molecule has 0 radical (unpaired) electrons. The Morgan fingerprint density at radius 1 is 1.44 bits per heavy atom. The van der Waals surface area contributed by atoms with Crippen LogP contribution in [0.5, 0.6) is 0 Å². The van der Waals surface area contributed by atoms with Crippen molar-refractivity contribution in [3.8, 4) is 0 Å². The van der Waals surface area contributed by atoms with Crippen molar-refractivity contribution in [1.82, 2.24) is 9.78 Å². The van der Waals surface area contributed by atoms with Crippen molar-refractivity contribution in [1.29, 1.82) is 0 Å². The molecule has 0 atom stereocenters. The molecule has 0 aliphatic carbocycles. The van der Waals surface area contributed by atoms with Gasteiger partial charge in [0.1, 0.15) is 0 Å². The number of aryl methyl sites for hydroxylation is 1. The monoisotopic (exact) mass is 236 g/mol. The van der Waals surface area contributed by atoms with Crippen molar-refractivity contribution in [2.24, 2.45) is 0 Å². The molecule has 1 heterocycles. The Kier molecular flexibility index (Phi) is 4.05. The quantitative estimate of drug-likeness (QED) is 0.740. The Bertz CT molecular complexity index is 400. The highest BCUT2D eigenvalue weighted by atomic mass is 19.4. The van der Waals surface area contributed by atoms with Gasteiger partial charge in [0.15, 0.2) is 5.69 Å². The predicted molar refractivity (Wildman–Crippen MR) is 50.0 cm³/mol. The fourth-order valence-electron chi connectivity index (χ4n) is 1.12. The molecule has 0 saturated carbocycles. The third-order valence-corrected chi connectivity index (χ3v) is 1.88. The Balaban J connectivity index is 2.87. The van der Waals surface area contributed by atoms with Gasteiger partial charge < -0.3 is 4.74 Å². The molecule has 0 fully saturated rings. The number of rotatable bonds is 4. The molecule has 4 nitrogen and oxygen atoms in total. The maximum Gasteiger partial charge on any atom is 0.435 e. The summed E-state index contributed by atoms with van der Waals surface area (Å²) in [5.74, 6) is 0. The van der Waals surface area contributed by atoms with E-state index in [9.17, 15) is 18.0 Å². The highest BCUT2D eigenvalue weighted by Crippen LogP contribution is 2.26. The van der Waals surface area contributed by atoms with Crippen molar-refractivity contribution in [2.45, 2.75) is 19.1 Å². The van der Waals surface area contributed by atoms with Gasteiger partial charge in [0.25, 0.3) is 5.56 Å². The van der Waals surface area contributed by atoms with Gasteiger partial charge >= 0.3 is 6.18 Å². The van der Waals surface area contributed by atoms with Crippen LogP contribution in [-0.2, 0) is 17.5 Å². The average Bonchev–Trinajstić information content (AvgIpc) is 2.19. The maximum absolute atomic E-state index is 12.3. The molecule has 0 aromatic carbocycles. The first-order valence-corrected chi connectivity index (χ1v) is 4.59. The summed E-state index contributed by atoms with van der Waals surface area (Å²) in [5.41, 5.74) is -1.62. The third-order valence-electron chi connectivity index (χ3n) is 1.88. The maximum atomic E-state index is 12.3. The number of hydrogen-bond donors (Lipinski definition) is 0. The zero-order chi connectivity index (χ0) is 12.2. The van der Waals surface area contributed by atoms with Crippen LogP contribution in [0, 0.1) is 0 Å². The molecule has 0 saturated heterocycles. The zero-order valence-corrected chi connectivity index (χ0v) is 8.62. The van der Waals surface area contributed by atoms with Crippen LogP contribution in [0.4, 0.5) is 13.2 Å². The first-order valence-electron chi connectivity index (χ1n) is 4.59. The second kappa shape index (κ2) is 5.11. The van der Waals surface area contributed by atoms with E-state index in [1.54, 1.807) is 0 Å². The van der Waals surface area contributed by atoms with Crippen molar-refractivity contribution < 1.29 is 17.9 Å². The molecule has 0 N–H and O–H groups in total. The Hall–Kier alpha value is -1.37. The van der Waals surface area contributed by atoms with Gasteiger partial charge in [-0.1, -0.05) is 0 Å². The van der Waals surface area contributed by atoms with Crippen LogP contribution in [0.25, 0.3) is 0 Å². The molecule has 0 bridgehead atoms. The summed E-state index contributed by atoms with van der Waals surface area (Å²) in [7, 11) is 1.47.